The standard InChI is InChI=1S/C10H8ClF2N3/c1-5-3-4-7(12)9(8(5)13)16-6(2)14-15-10(16)11/h3-4H,1-2H3. The SMILES string of the molecule is Cc1ccc(F)c(-n2c(C)nnc2Cl)c1F. The van der Waals surface area contributed by atoms with E-state index in [1.165, 1.54) is 12.1 Å². The summed E-state index contributed by atoms with van der Waals surface area (Å²) in [6.07, 6.45) is 0. The lowest BCUT2D eigenvalue weighted by Gasteiger charge is -2.09. The maximum absolute atomic E-state index is 13.8. The highest BCUT2D eigenvalue weighted by molar-refractivity contribution is 6.28. The zero-order valence-corrected chi connectivity index (χ0v) is 9.39. The Morgan fingerprint density at radius 3 is 2.44 bits per heavy atom. The van der Waals surface area contributed by atoms with E-state index >= 15 is 0 Å². The third-order valence-corrected chi connectivity index (χ3v) is 2.51. The van der Waals surface area contributed by atoms with Crippen LogP contribution in [-0.4, -0.2) is 14.8 Å². The van der Waals surface area contributed by atoms with Gasteiger partial charge in [0, 0.05) is 0 Å². The minimum atomic E-state index is -0.701. The molecule has 0 aliphatic carbocycles. The summed E-state index contributed by atoms with van der Waals surface area (Å²) in [4.78, 5) is 0. The number of aromatic nitrogens is 3. The molecule has 1 aromatic heterocycles. The highest BCUT2D eigenvalue weighted by Crippen LogP contribution is 2.24. The third kappa shape index (κ3) is 1.57. The molecule has 16 heavy (non-hydrogen) atoms. The van der Waals surface area contributed by atoms with E-state index < -0.39 is 11.6 Å². The van der Waals surface area contributed by atoms with Crippen LogP contribution in [0.2, 0.25) is 5.28 Å². The van der Waals surface area contributed by atoms with Gasteiger partial charge >= 0.3 is 0 Å². The summed E-state index contributed by atoms with van der Waals surface area (Å²) in [6.45, 7) is 3.12. The van der Waals surface area contributed by atoms with E-state index in [4.69, 9.17) is 11.6 Å². The lowest BCUT2D eigenvalue weighted by Crippen LogP contribution is -2.05. The molecule has 0 radical (unpaired) electrons. The second-order valence-corrected chi connectivity index (χ2v) is 3.72. The van der Waals surface area contributed by atoms with Crippen molar-refractivity contribution in [3.05, 3.63) is 40.4 Å². The van der Waals surface area contributed by atoms with Gasteiger partial charge in [-0.1, -0.05) is 6.07 Å². The number of aryl methyl sites for hydroxylation is 2. The van der Waals surface area contributed by atoms with Crippen LogP contribution in [0.4, 0.5) is 8.78 Å². The minimum Gasteiger partial charge on any atom is -0.264 e. The van der Waals surface area contributed by atoms with Crippen LogP contribution in [-0.2, 0) is 0 Å². The summed E-state index contributed by atoms with van der Waals surface area (Å²) in [7, 11) is 0. The molecule has 2 aromatic rings. The zero-order valence-electron chi connectivity index (χ0n) is 8.63. The summed E-state index contributed by atoms with van der Waals surface area (Å²) in [5, 5.41) is 7.13. The Labute approximate surface area is 95.7 Å². The summed E-state index contributed by atoms with van der Waals surface area (Å²) in [6, 6.07) is 2.55. The van der Waals surface area contributed by atoms with Crippen LogP contribution >= 0.6 is 11.6 Å². The van der Waals surface area contributed by atoms with Gasteiger partial charge in [-0.05, 0) is 37.1 Å². The highest BCUT2D eigenvalue weighted by atomic mass is 35.5. The van der Waals surface area contributed by atoms with Crippen molar-refractivity contribution in [1.29, 1.82) is 0 Å². The Morgan fingerprint density at radius 1 is 1.19 bits per heavy atom. The number of nitrogens with zero attached hydrogens (tertiary/aromatic N) is 3. The van der Waals surface area contributed by atoms with Gasteiger partial charge in [0.05, 0.1) is 0 Å². The smallest absolute Gasteiger partial charge is 0.229 e. The van der Waals surface area contributed by atoms with Crippen molar-refractivity contribution >= 4 is 11.6 Å². The Morgan fingerprint density at radius 2 is 1.88 bits per heavy atom. The summed E-state index contributed by atoms with van der Waals surface area (Å²) >= 11 is 5.73. The molecular formula is C10H8ClF2N3. The van der Waals surface area contributed by atoms with Crippen molar-refractivity contribution in [1.82, 2.24) is 14.8 Å². The second kappa shape index (κ2) is 3.83. The molecule has 0 N–H and O–H groups in total. The van der Waals surface area contributed by atoms with Crippen molar-refractivity contribution in [2.24, 2.45) is 0 Å². The molecule has 0 unspecified atom stereocenters. The molecule has 3 nitrogen and oxygen atoms in total. The van der Waals surface area contributed by atoms with E-state index in [-0.39, 0.29) is 11.0 Å². The van der Waals surface area contributed by atoms with E-state index in [1.54, 1.807) is 13.8 Å². The van der Waals surface area contributed by atoms with Crippen LogP contribution < -0.4 is 0 Å². The van der Waals surface area contributed by atoms with Crippen molar-refractivity contribution in [2.75, 3.05) is 0 Å². The number of hydrogen-bond acceptors (Lipinski definition) is 2. The van der Waals surface area contributed by atoms with Crippen LogP contribution in [0.3, 0.4) is 0 Å². The Kier molecular flexibility index (Phi) is 2.63. The van der Waals surface area contributed by atoms with Gasteiger partial charge < -0.3 is 0 Å². The quantitative estimate of drug-likeness (QED) is 0.771. The maximum atomic E-state index is 13.8. The molecule has 0 atom stereocenters. The van der Waals surface area contributed by atoms with Gasteiger partial charge in [-0.25, -0.2) is 8.78 Å². The Bertz CT molecular complexity index is 532. The predicted molar refractivity (Wildman–Crippen MR) is 55.8 cm³/mol. The number of rotatable bonds is 1. The van der Waals surface area contributed by atoms with Gasteiger partial charge in [-0.3, -0.25) is 4.57 Å². The first-order valence-corrected chi connectivity index (χ1v) is 4.92. The van der Waals surface area contributed by atoms with Crippen LogP contribution in [0.1, 0.15) is 11.4 Å². The fourth-order valence-electron chi connectivity index (χ4n) is 1.44. The van der Waals surface area contributed by atoms with Gasteiger partial charge in [0.25, 0.3) is 0 Å². The van der Waals surface area contributed by atoms with Crippen LogP contribution in [0.25, 0.3) is 5.69 Å². The van der Waals surface area contributed by atoms with E-state index in [9.17, 15) is 8.78 Å². The summed E-state index contributed by atoms with van der Waals surface area (Å²) in [5.74, 6) is -1.04. The highest BCUT2D eigenvalue weighted by Gasteiger charge is 2.18. The van der Waals surface area contributed by atoms with Crippen molar-refractivity contribution in [3.8, 4) is 5.69 Å². The van der Waals surface area contributed by atoms with Crippen molar-refractivity contribution < 1.29 is 8.78 Å². The van der Waals surface area contributed by atoms with Crippen molar-refractivity contribution in [2.45, 2.75) is 13.8 Å². The van der Waals surface area contributed by atoms with Gasteiger partial charge in [0.1, 0.15) is 17.3 Å². The Hall–Kier alpha value is -1.49. The van der Waals surface area contributed by atoms with Gasteiger partial charge in [0.2, 0.25) is 5.28 Å². The van der Waals surface area contributed by atoms with Gasteiger partial charge in [-0.2, -0.15) is 0 Å². The molecule has 6 heteroatoms. The predicted octanol–water partition coefficient (Wildman–Crippen LogP) is 2.82. The molecule has 0 fully saturated rings. The molecule has 84 valence electrons. The van der Waals surface area contributed by atoms with Crippen LogP contribution in [0, 0.1) is 25.5 Å². The lowest BCUT2D eigenvalue weighted by atomic mass is 10.2. The summed E-state index contributed by atoms with van der Waals surface area (Å²) in [5.41, 5.74) is 0.0908. The molecule has 0 aliphatic heterocycles. The first kappa shape index (κ1) is 11.0. The van der Waals surface area contributed by atoms with E-state index in [0.29, 0.717) is 11.4 Å². The molecule has 0 saturated heterocycles. The molecule has 0 bridgehead atoms. The molecule has 0 amide bonds. The van der Waals surface area contributed by atoms with E-state index in [0.717, 1.165) is 4.57 Å². The lowest BCUT2D eigenvalue weighted by molar-refractivity contribution is 0.561. The third-order valence-electron chi connectivity index (χ3n) is 2.27. The number of hydrogen-bond donors (Lipinski definition) is 0. The fraction of sp³-hybridized carbons (Fsp3) is 0.200. The molecule has 0 spiro atoms. The van der Waals surface area contributed by atoms with Crippen LogP contribution in [0.15, 0.2) is 12.1 Å². The second-order valence-electron chi connectivity index (χ2n) is 3.38. The fourth-order valence-corrected chi connectivity index (χ4v) is 1.68. The van der Waals surface area contributed by atoms with E-state index in [1.807, 2.05) is 0 Å². The first-order chi connectivity index (χ1) is 7.52. The normalized spacial score (nSPS) is 10.8. The molecule has 1 aromatic carbocycles. The van der Waals surface area contributed by atoms with Crippen molar-refractivity contribution in [3.63, 3.8) is 0 Å². The molecule has 1 heterocycles. The largest absolute Gasteiger partial charge is 0.264 e. The topological polar surface area (TPSA) is 30.7 Å². The number of halogens is 3. The molecule has 0 aliphatic rings. The zero-order chi connectivity index (χ0) is 11.9. The Balaban J connectivity index is 2.78. The molecular weight excluding hydrogens is 236 g/mol. The molecule has 0 saturated carbocycles. The monoisotopic (exact) mass is 243 g/mol. The van der Waals surface area contributed by atoms with E-state index in [2.05, 4.69) is 10.2 Å². The van der Waals surface area contributed by atoms with Gasteiger partial charge in [0.15, 0.2) is 5.82 Å². The minimum absolute atomic E-state index is 0.0686. The average molecular weight is 244 g/mol. The average Bonchev–Trinajstić information content (AvgIpc) is 2.56. The number of benzene rings is 1. The van der Waals surface area contributed by atoms with Gasteiger partial charge in [-0.15, -0.1) is 10.2 Å². The van der Waals surface area contributed by atoms with Crippen LogP contribution in [0.5, 0.6) is 0 Å². The molecule has 2 rings (SSSR count). The maximum Gasteiger partial charge on any atom is 0.229 e. The first-order valence-electron chi connectivity index (χ1n) is 4.55. The summed E-state index contributed by atoms with van der Waals surface area (Å²) < 4.78 is 28.5.